The van der Waals surface area contributed by atoms with Gasteiger partial charge in [0, 0.05) is 41.2 Å². The molecule has 0 bridgehead atoms. The van der Waals surface area contributed by atoms with E-state index in [1.807, 2.05) is 42.6 Å². The summed E-state index contributed by atoms with van der Waals surface area (Å²) in [6, 6.07) is 15.6. The lowest BCUT2D eigenvalue weighted by atomic mass is 10.1. The number of methoxy groups -OCH3 is 1. The van der Waals surface area contributed by atoms with Crippen LogP contribution in [0.2, 0.25) is 0 Å². The highest BCUT2D eigenvalue weighted by atomic mass is 16.5. The number of ether oxygens (including phenoxy) is 1. The number of aromatic nitrogens is 2. The molecule has 4 aromatic rings. The Morgan fingerprint density at radius 2 is 2.08 bits per heavy atom. The van der Waals surface area contributed by atoms with E-state index < -0.39 is 0 Å². The van der Waals surface area contributed by atoms with Crippen molar-refractivity contribution in [3.05, 3.63) is 66.5 Å². The number of para-hydroxylation sites is 1. The number of carbonyl (C=O) groups is 1. The average molecular weight is 345 g/mol. The van der Waals surface area contributed by atoms with Crippen LogP contribution in [0.3, 0.4) is 0 Å². The molecule has 0 aliphatic heterocycles. The summed E-state index contributed by atoms with van der Waals surface area (Å²) in [6.45, 7) is 0. The number of hydrogen-bond donors (Lipinski definition) is 2. The van der Waals surface area contributed by atoms with Gasteiger partial charge in [0.15, 0.2) is 0 Å². The zero-order valence-electron chi connectivity index (χ0n) is 14.5. The van der Waals surface area contributed by atoms with Crippen molar-refractivity contribution in [1.82, 2.24) is 9.97 Å². The molecule has 0 saturated heterocycles. The zero-order chi connectivity index (χ0) is 17.9. The minimum Gasteiger partial charge on any atom is -0.497 e. The van der Waals surface area contributed by atoms with Gasteiger partial charge >= 0.3 is 0 Å². The molecule has 2 aromatic carbocycles. The Bertz CT molecular complexity index is 1080. The van der Waals surface area contributed by atoms with E-state index in [1.165, 1.54) is 0 Å². The summed E-state index contributed by atoms with van der Waals surface area (Å²) in [4.78, 5) is 20.1. The van der Waals surface area contributed by atoms with Gasteiger partial charge in [-0.25, -0.2) is 0 Å². The maximum absolute atomic E-state index is 12.5. The molecule has 0 radical (unpaired) electrons. The van der Waals surface area contributed by atoms with Crippen molar-refractivity contribution in [1.29, 1.82) is 0 Å². The van der Waals surface area contributed by atoms with Gasteiger partial charge in [-0.15, -0.1) is 0 Å². The lowest BCUT2D eigenvalue weighted by Gasteiger charge is -2.10. The van der Waals surface area contributed by atoms with E-state index in [4.69, 9.17) is 4.74 Å². The van der Waals surface area contributed by atoms with Crippen molar-refractivity contribution in [3.8, 4) is 5.75 Å². The molecule has 2 N–H and O–H groups in total. The number of aromatic amines is 1. The fourth-order valence-corrected chi connectivity index (χ4v) is 3.18. The summed E-state index contributed by atoms with van der Waals surface area (Å²) < 4.78 is 5.33. The molecule has 0 atom stereocenters. The molecule has 130 valence electrons. The predicted molar refractivity (Wildman–Crippen MR) is 104 cm³/mol. The van der Waals surface area contributed by atoms with Crippen LogP contribution in [0.25, 0.3) is 21.8 Å². The lowest BCUT2D eigenvalue weighted by molar-refractivity contribution is -0.116. The second-order valence-electron chi connectivity index (χ2n) is 6.16. The maximum Gasteiger partial charge on any atom is 0.224 e. The van der Waals surface area contributed by atoms with Gasteiger partial charge in [0.1, 0.15) is 5.75 Å². The molecule has 0 aliphatic rings. The van der Waals surface area contributed by atoms with E-state index in [0.717, 1.165) is 27.4 Å². The number of nitrogens with zero attached hydrogens (tertiary/aromatic N) is 1. The Morgan fingerprint density at radius 3 is 2.96 bits per heavy atom. The molecule has 0 spiro atoms. The van der Waals surface area contributed by atoms with E-state index in [2.05, 4.69) is 21.4 Å². The third-order valence-corrected chi connectivity index (χ3v) is 4.48. The molecule has 0 fully saturated rings. The standard InChI is InChI=1S/C21H19N3O2/c1-26-16-11-14-5-4-10-22-21(14)19(12-16)24-20(25)9-8-15-13-23-18-7-3-2-6-17(15)18/h2-7,10-13,23H,8-9H2,1H3,(H,24,25). The Morgan fingerprint density at radius 1 is 1.19 bits per heavy atom. The number of nitrogens with one attached hydrogen (secondary N) is 2. The number of pyridine rings is 1. The van der Waals surface area contributed by atoms with Crippen molar-refractivity contribution in [2.24, 2.45) is 0 Å². The first-order chi connectivity index (χ1) is 12.7. The quantitative estimate of drug-likeness (QED) is 0.567. The number of fused-ring (bicyclic) bond motifs is 2. The number of amides is 1. The number of benzene rings is 2. The topological polar surface area (TPSA) is 67.0 Å². The molecule has 1 amide bonds. The van der Waals surface area contributed by atoms with E-state index >= 15 is 0 Å². The van der Waals surface area contributed by atoms with Crippen LogP contribution < -0.4 is 10.1 Å². The third kappa shape index (κ3) is 3.11. The van der Waals surface area contributed by atoms with Crippen LogP contribution in [0.1, 0.15) is 12.0 Å². The van der Waals surface area contributed by atoms with Gasteiger partial charge < -0.3 is 15.0 Å². The summed E-state index contributed by atoms with van der Waals surface area (Å²) >= 11 is 0. The minimum absolute atomic E-state index is 0.0458. The molecule has 2 heterocycles. The van der Waals surface area contributed by atoms with Gasteiger partial charge in [0.2, 0.25) is 5.91 Å². The van der Waals surface area contributed by atoms with Gasteiger partial charge in [-0.3, -0.25) is 9.78 Å². The Kier molecular flexibility index (Phi) is 4.27. The number of rotatable bonds is 5. The molecule has 0 unspecified atom stereocenters. The number of carbonyl (C=O) groups excluding carboxylic acids is 1. The molecule has 0 aliphatic carbocycles. The monoisotopic (exact) mass is 345 g/mol. The lowest BCUT2D eigenvalue weighted by Crippen LogP contribution is -2.13. The summed E-state index contributed by atoms with van der Waals surface area (Å²) in [6.07, 6.45) is 4.76. The van der Waals surface area contributed by atoms with Crippen molar-refractivity contribution in [3.63, 3.8) is 0 Å². The first-order valence-electron chi connectivity index (χ1n) is 8.52. The maximum atomic E-state index is 12.5. The SMILES string of the molecule is COc1cc(NC(=O)CCc2c[nH]c3ccccc23)c2ncccc2c1. The van der Waals surface area contributed by atoms with Crippen molar-refractivity contribution in [2.75, 3.05) is 12.4 Å². The van der Waals surface area contributed by atoms with Crippen LogP contribution in [-0.4, -0.2) is 23.0 Å². The molecule has 0 saturated carbocycles. The number of hydrogen-bond acceptors (Lipinski definition) is 3. The summed E-state index contributed by atoms with van der Waals surface area (Å²) in [5, 5.41) is 5.07. The van der Waals surface area contributed by atoms with Crippen LogP contribution in [-0.2, 0) is 11.2 Å². The van der Waals surface area contributed by atoms with Gasteiger partial charge in [-0.05, 0) is 30.2 Å². The molecule has 4 rings (SSSR count). The third-order valence-electron chi connectivity index (χ3n) is 4.48. The molecule has 5 nitrogen and oxygen atoms in total. The van der Waals surface area contributed by atoms with E-state index in [9.17, 15) is 4.79 Å². The highest BCUT2D eigenvalue weighted by molar-refractivity contribution is 6.01. The second kappa shape index (κ2) is 6.88. The van der Waals surface area contributed by atoms with Gasteiger partial charge in [-0.1, -0.05) is 24.3 Å². The first kappa shape index (κ1) is 16.1. The van der Waals surface area contributed by atoms with Crippen molar-refractivity contribution in [2.45, 2.75) is 12.8 Å². The normalized spacial score (nSPS) is 11.0. The van der Waals surface area contributed by atoms with E-state index in [1.54, 1.807) is 19.4 Å². The summed E-state index contributed by atoms with van der Waals surface area (Å²) in [5.41, 5.74) is 3.66. The molecular formula is C21H19N3O2. The van der Waals surface area contributed by atoms with E-state index in [-0.39, 0.29) is 5.91 Å². The van der Waals surface area contributed by atoms with Crippen LogP contribution in [0.15, 0.2) is 60.9 Å². The Balaban J connectivity index is 1.52. The smallest absolute Gasteiger partial charge is 0.224 e. The highest BCUT2D eigenvalue weighted by Crippen LogP contribution is 2.28. The molecular weight excluding hydrogens is 326 g/mol. The van der Waals surface area contributed by atoms with Crippen molar-refractivity contribution < 1.29 is 9.53 Å². The van der Waals surface area contributed by atoms with Gasteiger partial charge in [0.05, 0.1) is 18.3 Å². The number of H-pyrrole nitrogens is 1. The Hall–Kier alpha value is -3.34. The number of anilines is 1. The molecule has 5 heteroatoms. The predicted octanol–water partition coefficient (Wildman–Crippen LogP) is 4.30. The second-order valence-corrected chi connectivity index (χ2v) is 6.16. The van der Waals surface area contributed by atoms with Crippen LogP contribution in [0.5, 0.6) is 5.75 Å². The van der Waals surface area contributed by atoms with Crippen LogP contribution in [0, 0.1) is 0 Å². The average Bonchev–Trinajstić information content (AvgIpc) is 3.09. The largest absolute Gasteiger partial charge is 0.497 e. The van der Waals surface area contributed by atoms with Crippen LogP contribution >= 0.6 is 0 Å². The van der Waals surface area contributed by atoms with Gasteiger partial charge in [0.25, 0.3) is 0 Å². The fourth-order valence-electron chi connectivity index (χ4n) is 3.18. The summed E-state index contributed by atoms with van der Waals surface area (Å²) in [7, 11) is 1.61. The van der Waals surface area contributed by atoms with Crippen molar-refractivity contribution >= 4 is 33.4 Å². The van der Waals surface area contributed by atoms with Crippen LogP contribution in [0.4, 0.5) is 5.69 Å². The highest BCUT2D eigenvalue weighted by Gasteiger charge is 2.11. The Labute approximate surface area is 151 Å². The van der Waals surface area contributed by atoms with E-state index in [0.29, 0.717) is 24.3 Å². The minimum atomic E-state index is -0.0458. The fraction of sp³-hybridized carbons (Fsp3) is 0.143. The first-order valence-corrected chi connectivity index (χ1v) is 8.52. The molecule has 26 heavy (non-hydrogen) atoms. The zero-order valence-corrected chi connectivity index (χ0v) is 14.5. The van der Waals surface area contributed by atoms with Gasteiger partial charge in [-0.2, -0.15) is 0 Å². The molecule has 2 aromatic heterocycles. The summed E-state index contributed by atoms with van der Waals surface area (Å²) in [5.74, 6) is 0.646. The number of aryl methyl sites for hydroxylation is 1.